The predicted octanol–water partition coefficient (Wildman–Crippen LogP) is 4.04. The molecule has 12 nitrogen and oxygen atoms in total. The number of furan rings is 1. The van der Waals surface area contributed by atoms with Gasteiger partial charge in [-0.25, -0.2) is 18.2 Å². The van der Waals surface area contributed by atoms with E-state index in [9.17, 15) is 18.0 Å². The Morgan fingerprint density at radius 3 is 2.54 bits per heavy atom. The topological polar surface area (TPSA) is 135 Å². The van der Waals surface area contributed by atoms with Crippen LogP contribution >= 0.6 is 11.3 Å². The molecule has 14 heteroatoms. The molecule has 1 aliphatic rings. The van der Waals surface area contributed by atoms with Gasteiger partial charge in [0.2, 0.25) is 15.2 Å². The monoisotopic (exact) mass is 597 g/mol. The molecule has 0 atom stereocenters. The lowest BCUT2D eigenvalue weighted by Gasteiger charge is -2.33. The van der Waals surface area contributed by atoms with Crippen LogP contribution in [0.15, 0.2) is 75.3 Å². The van der Waals surface area contributed by atoms with Crippen molar-refractivity contribution < 1.29 is 31.9 Å². The van der Waals surface area contributed by atoms with E-state index in [1.807, 2.05) is 6.07 Å². The number of carbonyl (C=O) groups excluding carboxylic acids is 2. The molecule has 214 valence electrons. The number of rotatable bonds is 8. The summed E-state index contributed by atoms with van der Waals surface area (Å²) < 4.78 is 44.2. The SMILES string of the molecule is CCOC(=O)N1CCN(S(=O)(=O)c2ccc(C(=O)N(/N=C/c3ccco3)c3nc4ccc(OC)cc4s3)cc2)CC1. The van der Waals surface area contributed by atoms with E-state index < -0.39 is 22.0 Å². The second-order valence-corrected chi connectivity index (χ2v) is 11.8. The van der Waals surface area contributed by atoms with E-state index in [0.717, 1.165) is 9.71 Å². The van der Waals surface area contributed by atoms with Crippen molar-refractivity contribution in [3.63, 3.8) is 0 Å². The summed E-state index contributed by atoms with van der Waals surface area (Å²) in [5, 5.41) is 5.81. The van der Waals surface area contributed by atoms with Crippen molar-refractivity contribution in [1.29, 1.82) is 0 Å². The third-order valence-corrected chi connectivity index (χ3v) is 9.21. The second-order valence-electron chi connectivity index (χ2n) is 8.82. The number of carbonyl (C=O) groups is 2. The Bertz CT molecular complexity index is 1660. The number of thiazole rings is 1. The van der Waals surface area contributed by atoms with Gasteiger partial charge >= 0.3 is 6.09 Å². The van der Waals surface area contributed by atoms with Gasteiger partial charge in [0.05, 0.1) is 41.3 Å². The summed E-state index contributed by atoms with van der Waals surface area (Å²) in [4.78, 5) is 31.7. The van der Waals surface area contributed by atoms with Gasteiger partial charge in [0.15, 0.2) is 0 Å². The number of benzene rings is 2. The maximum Gasteiger partial charge on any atom is 0.409 e. The molecular weight excluding hydrogens is 570 g/mol. The summed E-state index contributed by atoms with van der Waals surface area (Å²) in [7, 11) is -2.27. The van der Waals surface area contributed by atoms with E-state index in [1.165, 1.54) is 57.3 Å². The molecule has 5 rings (SSSR count). The van der Waals surface area contributed by atoms with Crippen LogP contribution in [0, 0.1) is 0 Å². The van der Waals surface area contributed by atoms with E-state index in [1.54, 1.807) is 38.3 Å². The minimum Gasteiger partial charge on any atom is -0.497 e. The summed E-state index contributed by atoms with van der Waals surface area (Å²) in [6.07, 6.45) is 2.44. The van der Waals surface area contributed by atoms with Crippen molar-refractivity contribution in [3.8, 4) is 5.75 Å². The minimum atomic E-state index is -3.84. The van der Waals surface area contributed by atoms with Gasteiger partial charge in [-0.1, -0.05) is 11.3 Å². The molecular formula is C27H27N5O7S2. The largest absolute Gasteiger partial charge is 0.497 e. The van der Waals surface area contributed by atoms with E-state index in [2.05, 4.69) is 10.1 Å². The van der Waals surface area contributed by atoms with Crippen molar-refractivity contribution >= 4 is 54.9 Å². The van der Waals surface area contributed by atoms with Crippen molar-refractivity contribution in [2.45, 2.75) is 11.8 Å². The number of sulfonamides is 1. The number of amides is 2. The molecule has 2 aromatic carbocycles. The van der Waals surface area contributed by atoms with E-state index in [4.69, 9.17) is 13.9 Å². The van der Waals surface area contributed by atoms with Gasteiger partial charge in [0.1, 0.15) is 11.5 Å². The van der Waals surface area contributed by atoms with Gasteiger partial charge in [0.25, 0.3) is 5.91 Å². The second kappa shape index (κ2) is 12.1. The molecule has 0 aliphatic carbocycles. The first kappa shape index (κ1) is 28.3. The van der Waals surface area contributed by atoms with E-state index in [0.29, 0.717) is 22.2 Å². The quantitative estimate of drug-likeness (QED) is 0.219. The number of hydrogen-bond acceptors (Lipinski definition) is 10. The number of piperazine rings is 1. The Hall–Kier alpha value is -4.27. The van der Waals surface area contributed by atoms with Crippen LogP contribution in [0.25, 0.3) is 10.2 Å². The zero-order valence-electron chi connectivity index (χ0n) is 22.3. The van der Waals surface area contributed by atoms with Crippen LogP contribution in [-0.2, 0) is 14.8 Å². The number of aromatic nitrogens is 1. The molecule has 2 aromatic heterocycles. The zero-order valence-corrected chi connectivity index (χ0v) is 23.9. The Labute approximate surface area is 240 Å². The van der Waals surface area contributed by atoms with Crippen LogP contribution in [-0.4, -0.2) is 80.7 Å². The fourth-order valence-electron chi connectivity index (χ4n) is 4.15. The average molecular weight is 598 g/mol. The molecule has 2 amide bonds. The third kappa shape index (κ3) is 6.09. The van der Waals surface area contributed by atoms with Crippen molar-refractivity contribution in [2.24, 2.45) is 5.10 Å². The van der Waals surface area contributed by atoms with Crippen molar-refractivity contribution in [1.82, 2.24) is 14.2 Å². The number of fused-ring (bicyclic) bond motifs is 1. The summed E-state index contributed by atoms with van der Waals surface area (Å²) in [5.41, 5.74) is 0.880. The first-order valence-corrected chi connectivity index (χ1v) is 14.9. The minimum absolute atomic E-state index is 0.0383. The Morgan fingerprint density at radius 2 is 1.88 bits per heavy atom. The Kier molecular flexibility index (Phi) is 8.33. The number of hydrogen-bond donors (Lipinski definition) is 0. The van der Waals surface area contributed by atoms with Crippen molar-refractivity contribution in [3.05, 3.63) is 72.2 Å². The maximum atomic E-state index is 13.6. The first-order chi connectivity index (χ1) is 19.8. The van der Waals surface area contributed by atoms with Crippen LogP contribution in [0.4, 0.5) is 9.93 Å². The molecule has 41 heavy (non-hydrogen) atoms. The predicted molar refractivity (Wildman–Crippen MR) is 153 cm³/mol. The molecule has 1 fully saturated rings. The molecule has 0 radical (unpaired) electrons. The van der Waals surface area contributed by atoms with Crippen molar-refractivity contribution in [2.75, 3.05) is 44.9 Å². The summed E-state index contributed by atoms with van der Waals surface area (Å²) in [6, 6.07) is 14.4. The van der Waals surface area contributed by atoms with Gasteiger partial charge in [0, 0.05) is 31.7 Å². The highest BCUT2D eigenvalue weighted by atomic mass is 32.2. The summed E-state index contributed by atoms with van der Waals surface area (Å²) in [5.74, 6) is 0.588. The highest BCUT2D eigenvalue weighted by molar-refractivity contribution is 7.89. The Balaban J connectivity index is 1.37. The lowest BCUT2D eigenvalue weighted by molar-refractivity contribution is 0.0933. The highest BCUT2D eigenvalue weighted by Crippen LogP contribution is 2.32. The van der Waals surface area contributed by atoms with Crippen LogP contribution in [0.5, 0.6) is 5.75 Å². The van der Waals surface area contributed by atoms with Gasteiger partial charge in [-0.05, 0) is 61.5 Å². The Morgan fingerprint density at radius 1 is 1.12 bits per heavy atom. The van der Waals surface area contributed by atoms with Gasteiger partial charge < -0.3 is 18.8 Å². The van der Waals surface area contributed by atoms with Crippen LogP contribution in [0.2, 0.25) is 0 Å². The normalized spacial score (nSPS) is 14.4. The number of anilines is 1. The molecule has 0 unspecified atom stereocenters. The van der Waals surface area contributed by atoms with E-state index in [-0.39, 0.29) is 43.2 Å². The smallest absolute Gasteiger partial charge is 0.409 e. The summed E-state index contributed by atoms with van der Waals surface area (Å²) >= 11 is 1.26. The first-order valence-electron chi connectivity index (χ1n) is 12.7. The highest BCUT2D eigenvalue weighted by Gasteiger charge is 2.31. The number of hydrazone groups is 1. The molecule has 0 N–H and O–H groups in total. The standard InChI is InChI=1S/C27H27N5O7S2/c1-3-38-27(34)30-12-14-31(15-13-30)41(35,36)22-9-6-19(7-10-22)25(33)32(28-18-21-5-4-16-39-21)26-29-23-11-8-20(37-2)17-24(23)40-26/h4-11,16-18H,3,12-15H2,1-2H3/b28-18+. The van der Waals surface area contributed by atoms with Gasteiger partial charge in [-0.15, -0.1) is 0 Å². The molecule has 0 spiro atoms. The molecule has 3 heterocycles. The molecule has 0 bridgehead atoms. The summed E-state index contributed by atoms with van der Waals surface area (Å²) in [6.45, 7) is 2.70. The van der Waals surface area contributed by atoms with Gasteiger partial charge in [-0.3, -0.25) is 4.79 Å². The number of nitrogens with zero attached hydrogens (tertiary/aromatic N) is 5. The third-order valence-electron chi connectivity index (χ3n) is 6.31. The fraction of sp³-hybridized carbons (Fsp3) is 0.259. The molecule has 4 aromatic rings. The molecule has 1 saturated heterocycles. The molecule has 0 saturated carbocycles. The fourth-order valence-corrected chi connectivity index (χ4v) is 6.52. The van der Waals surface area contributed by atoms with Crippen LogP contribution in [0.1, 0.15) is 23.0 Å². The average Bonchev–Trinajstić information content (AvgIpc) is 3.67. The lowest BCUT2D eigenvalue weighted by atomic mass is 10.2. The zero-order chi connectivity index (χ0) is 29.0. The number of ether oxygens (including phenoxy) is 2. The van der Waals surface area contributed by atoms with Crippen LogP contribution in [0.3, 0.4) is 0 Å². The molecule has 1 aliphatic heterocycles. The number of methoxy groups -OCH3 is 1. The maximum absolute atomic E-state index is 13.6. The van der Waals surface area contributed by atoms with E-state index >= 15 is 0 Å². The van der Waals surface area contributed by atoms with Gasteiger partial charge in [-0.2, -0.15) is 14.4 Å². The van der Waals surface area contributed by atoms with Crippen LogP contribution < -0.4 is 9.75 Å². The lowest BCUT2D eigenvalue weighted by Crippen LogP contribution is -2.50.